The quantitative estimate of drug-likeness (QED) is 0.128. The Bertz CT molecular complexity index is 1560. The predicted octanol–water partition coefficient (Wildman–Crippen LogP) is 1.91. The Balaban J connectivity index is 0.000000261. The number of hydrogen-bond acceptors (Lipinski definition) is 4. The second-order valence-electron chi connectivity index (χ2n) is 13.1. The normalized spacial score (nSPS) is 10.5. The van der Waals surface area contributed by atoms with Crippen LogP contribution in [0.3, 0.4) is 0 Å². The number of hydrogen-bond donors (Lipinski definition) is 3. The minimum Gasteiger partial charge on any atom is -1.00 e. The molecule has 0 aliphatic carbocycles. The van der Waals surface area contributed by atoms with Crippen molar-refractivity contribution in [2.45, 2.75) is 56.7 Å². The molecular weight excluding hydrogens is 714 g/mol. The summed E-state index contributed by atoms with van der Waals surface area (Å²) >= 11 is 0. The molecule has 0 amide bonds. The van der Waals surface area contributed by atoms with Gasteiger partial charge in [-0.05, 0) is 33.4 Å². The summed E-state index contributed by atoms with van der Waals surface area (Å²) in [4.78, 5) is 0. The molecule has 0 saturated heterocycles. The van der Waals surface area contributed by atoms with Crippen molar-refractivity contribution < 1.29 is 47.1 Å². The second-order valence-corrected chi connectivity index (χ2v) is 14.0. The summed E-state index contributed by atoms with van der Waals surface area (Å²) in [7, 11) is -5.17. The Hall–Kier alpha value is -4.64. The van der Waals surface area contributed by atoms with Gasteiger partial charge in [0, 0.05) is 48.9 Å². The van der Waals surface area contributed by atoms with Gasteiger partial charge in [-0.2, -0.15) is 0 Å². The van der Waals surface area contributed by atoms with Gasteiger partial charge in [-0.25, -0.2) is 0 Å². The summed E-state index contributed by atoms with van der Waals surface area (Å²) in [6.07, 6.45) is 6.31. The Kier molecular flexibility index (Phi) is 22.1. The van der Waals surface area contributed by atoms with Crippen molar-refractivity contribution in [1.29, 1.82) is 0 Å². The van der Waals surface area contributed by atoms with Crippen molar-refractivity contribution in [2.24, 2.45) is 0 Å². The van der Waals surface area contributed by atoms with E-state index in [9.17, 15) is 0 Å². The van der Waals surface area contributed by atoms with Crippen LogP contribution >= 0.6 is 0 Å². The van der Waals surface area contributed by atoms with E-state index in [1.54, 1.807) is 0 Å². The highest BCUT2D eigenvalue weighted by Crippen LogP contribution is 2.09. The van der Waals surface area contributed by atoms with Crippen LogP contribution in [0.2, 0.25) is 0 Å². The number of quaternary nitrogens is 3. The van der Waals surface area contributed by atoms with Crippen LogP contribution in [0, 0.1) is 0 Å². The van der Waals surface area contributed by atoms with E-state index in [1.807, 2.05) is 0 Å². The summed E-state index contributed by atoms with van der Waals surface area (Å²) in [5.74, 6) is 0. The van der Waals surface area contributed by atoms with Crippen LogP contribution in [0.25, 0.3) is 0 Å². The fraction of sp³-hybridized carbons (Fsp3) is 0.200. The van der Waals surface area contributed by atoms with Crippen LogP contribution in [-0.2, 0) is 48.9 Å². The molecule has 0 saturated carbocycles. The lowest BCUT2D eigenvalue weighted by molar-refractivity contribution is -0.419. The van der Waals surface area contributed by atoms with Crippen molar-refractivity contribution in [3.63, 3.8) is 0 Å². The molecular formula is C45H54ClN3O4S. The van der Waals surface area contributed by atoms with Gasteiger partial charge >= 0.3 is 0 Å². The Morgan fingerprint density at radius 3 is 0.556 bits per heavy atom. The van der Waals surface area contributed by atoms with Gasteiger partial charge in [-0.15, -0.1) is 0 Å². The van der Waals surface area contributed by atoms with Crippen LogP contribution in [0.1, 0.15) is 33.4 Å². The van der Waals surface area contributed by atoms with Crippen LogP contribution in [0.5, 0.6) is 0 Å². The van der Waals surface area contributed by atoms with Crippen LogP contribution < -0.4 is 29.6 Å². The van der Waals surface area contributed by atoms with E-state index < -0.39 is 10.4 Å². The van der Waals surface area contributed by atoms with Gasteiger partial charge in [0.25, 0.3) is 0 Å². The summed E-state index contributed by atoms with van der Waals surface area (Å²) in [6, 6.07) is 64.8. The molecule has 0 aliphatic heterocycles. The van der Waals surface area contributed by atoms with Gasteiger partial charge in [0.2, 0.25) is 0 Å². The molecule has 0 aromatic heterocycles. The Labute approximate surface area is 328 Å². The van der Waals surface area contributed by atoms with Crippen molar-refractivity contribution in [3.05, 3.63) is 215 Å². The maximum Gasteiger partial charge on any atom is 0.0925 e. The summed E-state index contributed by atoms with van der Waals surface area (Å²) < 4.78 is 34.1. The van der Waals surface area contributed by atoms with Gasteiger partial charge in [0.15, 0.2) is 0 Å². The third-order valence-electron chi connectivity index (χ3n) is 8.20. The maximum atomic E-state index is 8.52. The molecule has 286 valence electrons. The largest absolute Gasteiger partial charge is 1.00 e. The molecule has 0 unspecified atom stereocenters. The smallest absolute Gasteiger partial charge is 0.0925 e. The van der Waals surface area contributed by atoms with Crippen LogP contribution in [0.15, 0.2) is 182 Å². The van der Waals surface area contributed by atoms with E-state index in [2.05, 4.69) is 199 Å². The fourth-order valence-electron chi connectivity index (χ4n) is 5.90. The minimum absolute atomic E-state index is 0. The Morgan fingerprint density at radius 2 is 0.444 bits per heavy atom. The zero-order chi connectivity index (χ0) is 38.2. The summed E-state index contributed by atoms with van der Waals surface area (Å²) in [5.41, 5.74) is 20.9. The average molecular weight is 768 g/mol. The molecule has 0 spiro atoms. The van der Waals surface area contributed by atoms with Crippen molar-refractivity contribution in [1.82, 2.24) is 0 Å². The van der Waals surface area contributed by atoms with E-state index in [-0.39, 0.29) is 12.4 Å². The molecule has 0 heterocycles. The zero-order valence-electron chi connectivity index (χ0n) is 30.8. The number of benzene rings is 6. The van der Waals surface area contributed by atoms with E-state index >= 15 is 0 Å². The topological polar surface area (TPSA) is 163 Å². The molecule has 6 rings (SSSR count). The molecule has 6 aromatic rings. The molecule has 9 heteroatoms. The third kappa shape index (κ3) is 22.4. The first kappa shape index (κ1) is 45.5. The molecule has 54 heavy (non-hydrogen) atoms. The number of halogens is 1. The minimum atomic E-state index is -5.17. The summed E-state index contributed by atoms with van der Waals surface area (Å²) in [5, 5.41) is 0. The molecule has 0 radical (unpaired) electrons. The lowest BCUT2D eigenvalue weighted by atomic mass is 10.00. The van der Waals surface area contributed by atoms with Gasteiger partial charge in [-0.3, -0.25) is 8.42 Å². The predicted molar refractivity (Wildman–Crippen MR) is 211 cm³/mol. The van der Waals surface area contributed by atoms with Crippen molar-refractivity contribution >= 4 is 10.4 Å². The van der Waals surface area contributed by atoms with Gasteiger partial charge in [0.1, 0.15) is 0 Å². The number of rotatable bonds is 12. The summed E-state index contributed by atoms with van der Waals surface area (Å²) in [6.45, 7) is 0. The van der Waals surface area contributed by atoms with Gasteiger partial charge in [-0.1, -0.05) is 182 Å². The lowest BCUT2D eigenvalue weighted by Gasteiger charge is -2.08. The highest BCUT2D eigenvalue weighted by atomic mass is 35.5. The third-order valence-corrected chi connectivity index (χ3v) is 8.20. The molecule has 0 bridgehead atoms. The monoisotopic (exact) mass is 767 g/mol. The highest BCUT2D eigenvalue weighted by molar-refractivity contribution is 7.79. The first-order valence-corrected chi connectivity index (χ1v) is 19.3. The van der Waals surface area contributed by atoms with Crippen molar-refractivity contribution in [3.8, 4) is 0 Å². The average Bonchev–Trinajstić information content (AvgIpc) is 3.14. The first-order chi connectivity index (χ1) is 25.5. The molecule has 7 nitrogen and oxygen atoms in total. The van der Waals surface area contributed by atoms with E-state index in [1.165, 1.54) is 33.4 Å². The highest BCUT2D eigenvalue weighted by Gasteiger charge is 2.10. The first-order valence-electron chi connectivity index (χ1n) is 17.9. The van der Waals surface area contributed by atoms with E-state index in [4.69, 9.17) is 17.5 Å². The van der Waals surface area contributed by atoms with E-state index in [0.29, 0.717) is 18.1 Å². The molecule has 0 fully saturated rings. The second kappa shape index (κ2) is 26.2. The van der Waals surface area contributed by atoms with Gasteiger partial charge in [0.05, 0.1) is 18.1 Å². The molecule has 6 aromatic carbocycles. The van der Waals surface area contributed by atoms with Gasteiger partial charge < -0.3 is 38.7 Å². The zero-order valence-corrected chi connectivity index (χ0v) is 32.4. The lowest BCUT2D eigenvalue weighted by Crippen LogP contribution is -3.00. The van der Waals surface area contributed by atoms with Crippen molar-refractivity contribution in [2.75, 3.05) is 0 Å². The molecule has 0 aliphatic rings. The fourth-order valence-corrected chi connectivity index (χ4v) is 5.90. The Morgan fingerprint density at radius 1 is 0.333 bits per heavy atom. The van der Waals surface area contributed by atoms with E-state index in [0.717, 1.165) is 38.5 Å². The van der Waals surface area contributed by atoms with Crippen LogP contribution in [-0.4, -0.2) is 35.6 Å². The van der Waals surface area contributed by atoms with Crippen LogP contribution in [0.4, 0.5) is 0 Å². The maximum absolute atomic E-state index is 8.52. The SMILES string of the molecule is O=S(=O)([O-])[O-].[Cl-].[NH3+]C(Cc1ccccc1)Cc1ccccc1.[NH3+]C(Cc1ccccc1)Cc1ccccc1.[NH3+]C(Cc1ccccc1)Cc1ccccc1. The molecule has 9 N–H and O–H groups in total. The standard InChI is InChI=1S/3C15H17N.ClH.H2O4S/c3*16-15(11-13-7-3-1-4-8-13)12-14-9-5-2-6-10-14;;1-5(2,3)4/h3*1-10,15H,11-12,16H2;1H;(H2,1,2,3,4). The molecule has 0 atom stereocenters.